The van der Waals surface area contributed by atoms with Gasteiger partial charge in [-0.1, -0.05) is 0 Å². The molecule has 0 radical (unpaired) electrons. The van der Waals surface area contributed by atoms with Gasteiger partial charge in [-0.15, -0.1) is 0 Å². The van der Waals surface area contributed by atoms with E-state index in [1.54, 1.807) is 0 Å². The number of nitrogens with one attached hydrogen (secondary N) is 1. The van der Waals surface area contributed by atoms with E-state index in [0.717, 1.165) is 4.90 Å². The Morgan fingerprint density at radius 1 is 1.53 bits per heavy atom. The molecule has 1 fully saturated rings. The molecule has 7 heteroatoms. The van der Waals surface area contributed by atoms with Crippen molar-refractivity contribution in [2.75, 3.05) is 18.1 Å². The Labute approximate surface area is 98.0 Å². The Morgan fingerprint density at radius 2 is 2.29 bits per heavy atom. The standard InChI is InChI=1S/C10H13N5O2/c1-15-8(16)3-2-7(10(15)17)14-9-6(11)4-12-5-13-9/h4-5,7H,2-3,11H2,1H3,(H,12,13,14). The number of likely N-dealkylation sites (N-methyl/N-ethyl adjacent to an activating group) is 1. The van der Waals surface area contributed by atoms with Gasteiger partial charge in [0.2, 0.25) is 5.91 Å². The average Bonchev–Trinajstić information content (AvgIpc) is 2.32. The predicted molar refractivity (Wildman–Crippen MR) is 60.9 cm³/mol. The number of amides is 2. The van der Waals surface area contributed by atoms with Gasteiger partial charge >= 0.3 is 0 Å². The first-order chi connectivity index (χ1) is 8.09. The average molecular weight is 235 g/mol. The molecule has 0 aromatic carbocycles. The summed E-state index contributed by atoms with van der Waals surface area (Å²) in [5.41, 5.74) is 6.04. The van der Waals surface area contributed by atoms with Crippen molar-refractivity contribution in [3.8, 4) is 0 Å². The fraction of sp³-hybridized carbons (Fsp3) is 0.400. The Kier molecular flexibility index (Phi) is 2.90. The van der Waals surface area contributed by atoms with Crippen LogP contribution >= 0.6 is 0 Å². The molecule has 90 valence electrons. The molecule has 1 aliphatic heterocycles. The van der Waals surface area contributed by atoms with E-state index >= 15 is 0 Å². The molecule has 2 amide bonds. The van der Waals surface area contributed by atoms with Gasteiger partial charge in [0.25, 0.3) is 5.91 Å². The quantitative estimate of drug-likeness (QED) is 0.677. The van der Waals surface area contributed by atoms with Crippen LogP contribution in [0.5, 0.6) is 0 Å². The van der Waals surface area contributed by atoms with E-state index in [1.807, 2.05) is 0 Å². The SMILES string of the molecule is CN1C(=O)CCC(Nc2ncncc2N)C1=O. The fourth-order valence-electron chi connectivity index (χ4n) is 1.68. The van der Waals surface area contributed by atoms with Crippen LogP contribution in [0.4, 0.5) is 11.5 Å². The Hall–Kier alpha value is -2.18. The highest BCUT2D eigenvalue weighted by Crippen LogP contribution is 2.18. The van der Waals surface area contributed by atoms with Crippen LogP contribution in [-0.4, -0.2) is 39.8 Å². The van der Waals surface area contributed by atoms with Gasteiger partial charge in [0, 0.05) is 13.5 Å². The zero-order valence-electron chi connectivity index (χ0n) is 9.38. The Balaban J connectivity index is 2.12. The van der Waals surface area contributed by atoms with Gasteiger partial charge in [0.15, 0.2) is 5.82 Å². The topological polar surface area (TPSA) is 101 Å². The molecule has 3 N–H and O–H groups in total. The van der Waals surface area contributed by atoms with Crippen LogP contribution in [0.25, 0.3) is 0 Å². The number of anilines is 2. The van der Waals surface area contributed by atoms with E-state index in [4.69, 9.17) is 5.73 Å². The molecule has 0 bridgehead atoms. The van der Waals surface area contributed by atoms with Crippen molar-refractivity contribution >= 4 is 23.3 Å². The second kappa shape index (κ2) is 4.36. The molecular weight excluding hydrogens is 222 g/mol. The molecule has 7 nitrogen and oxygen atoms in total. The van der Waals surface area contributed by atoms with Crippen LogP contribution in [-0.2, 0) is 9.59 Å². The maximum Gasteiger partial charge on any atom is 0.251 e. The van der Waals surface area contributed by atoms with E-state index in [-0.39, 0.29) is 11.8 Å². The summed E-state index contributed by atoms with van der Waals surface area (Å²) in [7, 11) is 1.47. The van der Waals surface area contributed by atoms with Crippen molar-refractivity contribution in [2.24, 2.45) is 0 Å². The molecule has 0 aliphatic carbocycles. The lowest BCUT2D eigenvalue weighted by Crippen LogP contribution is -2.48. The third-order valence-electron chi connectivity index (χ3n) is 2.70. The minimum Gasteiger partial charge on any atom is -0.394 e. The van der Waals surface area contributed by atoms with Crippen LogP contribution in [0.1, 0.15) is 12.8 Å². The summed E-state index contributed by atoms with van der Waals surface area (Å²) < 4.78 is 0. The minimum atomic E-state index is -0.463. The van der Waals surface area contributed by atoms with Gasteiger partial charge in [0.1, 0.15) is 12.4 Å². The molecule has 1 unspecified atom stereocenters. The van der Waals surface area contributed by atoms with Crippen molar-refractivity contribution in [3.05, 3.63) is 12.5 Å². The summed E-state index contributed by atoms with van der Waals surface area (Å²) in [6.07, 6.45) is 3.59. The summed E-state index contributed by atoms with van der Waals surface area (Å²) in [6, 6.07) is -0.463. The predicted octanol–water partition coefficient (Wildman–Crippen LogP) is -0.382. The Morgan fingerprint density at radius 3 is 3.00 bits per heavy atom. The first kappa shape index (κ1) is 11.3. The second-order valence-corrected chi connectivity index (χ2v) is 3.85. The van der Waals surface area contributed by atoms with Crippen molar-refractivity contribution < 1.29 is 9.59 Å². The van der Waals surface area contributed by atoms with E-state index in [2.05, 4.69) is 15.3 Å². The molecule has 1 aromatic heterocycles. The first-order valence-corrected chi connectivity index (χ1v) is 5.22. The van der Waals surface area contributed by atoms with E-state index < -0.39 is 6.04 Å². The lowest BCUT2D eigenvalue weighted by molar-refractivity contribution is -0.146. The van der Waals surface area contributed by atoms with Gasteiger partial charge in [-0.25, -0.2) is 9.97 Å². The van der Waals surface area contributed by atoms with E-state index in [0.29, 0.717) is 24.3 Å². The molecule has 0 saturated carbocycles. The molecule has 0 spiro atoms. The number of likely N-dealkylation sites (tertiary alicyclic amines) is 1. The van der Waals surface area contributed by atoms with Crippen molar-refractivity contribution in [3.63, 3.8) is 0 Å². The third kappa shape index (κ3) is 2.17. The summed E-state index contributed by atoms with van der Waals surface area (Å²) in [4.78, 5) is 31.9. The number of imide groups is 1. The zero-order valence-corrected chi connectivity index (χ0v) is 9.38. The van der Waals surface area contributed by atoms with E-state index in [1.165, 1.54) is 19.6 Å². The minimum absolute atomic E-state index is 0.163. The largest absolute Gasteiger partial charge is 0.394 e. The van der Waals surface area contributed by atoms with Gasteiger partial charge in [0.05, 0.1) is 11.9 Å². The number of nitrogen functional groups attached to an aromatic ring is 1. The highest BCUT2D eigenvalue weighted by atomic mass is 16.2. The number of hydrogen-bond donors (Lipinski definition) is 2. The lowest BCUT2D eigenvalue weighted by Gasteiger charge is -2.28. The summed E-state index contributed by atoms with van der Waals surface area (Å²) in [5, 5.41) is 2.93. The summed E-state index contributed by atoms with van der Waals surface area (Å²) >= 11 is 0. The number of hydrogen-bond acceptors (Lipinski definition) is 6. The monoisotopic (exact) mass is 235 g/mol. The number of nitrogens with zero attached hydrogens (tertiary/aromatic N) is 3. The molecule has 17 heavy (non-hydrogen) atoms. The van der Waals surface area contributed by atoms with Gasteiger partial charge in [-0.2, -0.15) is 0 Å². The summed E-state index contributed by atoms with van der Waals surface area (Å²) in [6.45, 7) is 0. The molecule has 1 atom stereocenters. The normalized spacial score (nSPS) is 20.5. The van der Waals surface area contributed by atoms with Crippen LogP contribution in [0.3, 0.4) is 0 Å². The van der Waals surface area contributed by atoms with Gasteiger partial charge in [-0.05, 0) is 6.42 Å². The van der Waals surface area contributed by atoms with Crippen LogP contribution in [0, 0.1) is 0 Å². The maximum atomic E-state index is 11.8. The first-order valence-electron chi connectivity index (χ1n) is 5.22. The maximum absolute atomic E-state index is 11.8. The van der Waals surface area contributed by atoms with Crippen molar-refractivity contribution in [2.45, 2.75) is 18.9 Å². The number of nitrogens with two attached hydrogens (primary N) is 1. The number of piperidine rings is 1. The molecule has 1 saturated heterocycles. The smallest absolute Gasteiger partial charge is 0.251 e. The fourth-order valence-corrected chi connectivity index (χ4v) is 1.68. The summed E-state index contributed by atoms with van der Waals surface area (Å²) in [5.74, 6) is -0.0101. The highest BCUT2D eigenvalue weighted by molar-refractivity contribution is 6.01. The van der Waals surface area contributed by atoms with Crippen LogP contribution < -0.4 is 11.1 Å². The van der Waals surface area contributed by atoms with Crippen molar-refractivity contribution in [1.82, 2.24) is 14.9 Å². The second-order valence-electron chi connectivity index (χ2n) is 3.85. The highest BCUT2D eigenvalue weighted by Gasteiger charge is 2.32. The zero-order chi connectivity index (χ0) is 12.4. The number of carbonyl (C=O) groups is 2. The number of rotatable bonds is 2. The lowest BCUT2D eigenvalue weighted by atomic mass is 10.0. The third-order valence-corrected chi connectivity index (χ3v) is 2.70. The van der Waals surface area contributed by atoms with Gasteiger partial charge < -0.3 is 11.1 Å². The molecular formula is C10H13N5O2. The van der Waals surface area contributed by atoms with E-state index in [9.17, 15) is 9.59 Å². The molecule has 2 heterocycles. The van der Waals surface area contributed by atoms with Crippen LogP contribution in [0.15, 0.2) is 12.5 Å². The molecule has 1 aliphatic rings. The van der Waals surface area contributed by atoms with Crippen molar-refractivity contribution in [1.29, 1.82) is 0 Å². The Bertz CT molecular complexity index is 462. The number of aromatic nitrogens is 2. The van der Waals surface area contributed by atoms with Crippen LogP contribution in [0.2, 0.25) is 0 Å². The molecule has 2 rings (SSSR count). The number of carbonyl (C=O) groups excluding carboxylic acids is 2. The molecule has 1 aromatic rings. The van der Waals surface area contributed by atoms with Gasteiger partial charge in [-0.3, -0.25) is 14.5 Å².